The van der Waals surface area contributed by atoms with Gasteiger partial charge in [-0.25, -0.2) is 4.79 Å². The Morgan fingerprint density at radius 2 is 1.48 bits per heavy atom. The van der Waals surface area contributed by atoms with Crippen molar-refractivity contribution in [1.82, 2.24) is 0 Å². The van der Waals surface area contributed by atoms with E-state index >= 15 is 0 Å². The molecular formula is C22H25NO4. The molecule has 2 rings (SSSR count). The van der Waals surface area contributed by atoms with Gasteiger partial charge in [-0.3, -0.25) is 9.59 Å². The number of amides is 1. The number of carbonyl (C=O) groups is 3. The van der Waals surface area contributed by atoms with Crippen LogP contribution in [-0.4, -0.2) is 24.3 Å². The zero-order valence-electron chi connectivity index (χ0n) is 16.0. The molecule has 2 aromatic rings. The van der Waals surface area contributed by atoms with Gasteiger partial charge in [0.15, 0.2) is 5.78 Å². The maximum atomic E-state index is 12.1. The molecular weight excluding hydrogens is 342 g/mol. The zero-order chi connectivity index (χ0) is 19.8. The van der Waals surface area contributed by atoms with Crippen LogP contribution in [0.5, 0.6) is 0 Å². The second kappa shape index (κ2) is 9.67. The average molecular weight is 367 g/mol. The van der Waals surface area contributed by atoms with E-state index in [0.29, 0.717) is 23.4 Å². The van der Waals surface area contributed by atoms with E-state index in [1.165, 1.54) is 0 Å². The van der Waals surface area contributed by atoms with E-state index in [2.05, 4.69) is 5.32 Å². The number of rotatable bonds is 8. The Balaban J connectivity index is 1.82. The number of anilines is 1. The number of benzene rings is 2. The molecule has 0 saturated heterocycles. The van der Waals surface area contributed by atoms with Crippen LogP contribution < -0.4 is 5.32 Å². The van der Waals surface area contributed by atoms with Crippen LogP contribution in [0, 0.1) is 12.8 Å². The summed E-state index contributed by atoms with van der Waals surface area (Å²) in [5.41, 5.74) is 2.70. The highest BCUT2D eigenvalue weighted by molar-refractivity contribution is 6.00. The van der Waals surface area contributed by atoms with Gasteiger partial charge in [-0.05, 0) is 37.1 Å². The summed E-state index contributed by atoms with van der Waals surface area (Å²) in [5.74, 6) is -0.417. The van der Waals surface area contributed by atoms with Crippen LogP contribution in [-0.2, 0) is 9.53 Å². The summed E-state index contributed by atoms with van der Waals surface area (Å²) in [4.78, 5) is 36.0. The summed E-state index contributed by atoms with van der Waals surface area (Å²) in [5, 5.41) is 2.73. The summed E-state index contributed by atoms with van der Waals surface area (Å²) in [6, 6.07) is 13.8. The van der Waals surface area contributed by atoms with Gasteiger partial charge in [0.25, 0.3) is 0 Å². The molecule has 0 aliphatic rings. The van der Waals surface area contributed by atoms with Crippen LogP contribution in [0.15, 0.2) is 48.5 Å². The Kier molecular flexibility index (Phi) is 7.29. The zero-order valence-corrected chi connectivity index (χ0v) is 16.0. The lowest BCUT2D eigenvalue weighted by Crippen LogP contribution is -2.14. The molecule has 2 aromatic carbocycles. The van der Waals surface area contributed by atoms with E-state index in [1.807, 2.05) is 32.9 Å². The second-order valence-corrected chi connectivity index (χ2v) is 6.91. The van der Waals surface area contributed by atoms with Gasteiger partial charge in [-0.15, -0.1) is 0 Å². The van der Waals surface area contributed by atoms with Crippen molar-refractivity contribution in [1.29, 1.82) is 0 Å². The molecule has 0 spiro atoms. The summed E-state index contributed by atoms with van der Waals surface area (Å²) in [6.07, 6.45) is 0.249. The number of hydrogen-bond donors (Lipinski definition) is 1. The Morgan fingerprint density at radius 1 is 0.889 bits per heavy atom. The Labute approximate surface area is 159 Å². The molecule has 0 aromatic heterocycles. The standard InChI is InChI=1S/C22H25NO4/c1-15(2)14-27-22(26)18-8-10-19(11-9-18)23-21(25)13-12-20(24)17-6-4-16(3)5-7-17/h4-11,15H,12-14H2,1-3H3,(H,23,25). The number of aryl methyl sites for hydroxylation is 1. The predicted octanol–water partition coefficient (Wildman–Crippen LogP) is 4.41. The van der Waals surface area contributed by atoms with Crippen LogP contribution >= 0.6 is 0 Å². The predicted molar refractivity (Wildman–Crippen MR) is 105 cm³/mol. The van der Waals surface area contributed by atoms with Crippen LogP contribution in [0.25, 0.3) is 0 Å². The maximum Gasteiger partial charge on any atom is 0.338 e. The first-order valence-corrected chi connectivity index (χ1v) is 9.02. The summed E-state index contributed by atoms with van der Waals surface area (Å²) in [6.45, 7) is 6.26. The summed E-state index contributed by atoms with van der Waals surface area (Å²) < 4.78 is 5.16. The first kappa shape index (κ1) is 20.4. The molecule has 5 heteroatoms. The molecule has 0 fully saturated rings. The molecule has 0 atom stereocenters. The molecule has 0 heterocycles. The van der Waals surface area contributed by atoms with Gasteiger partial charge < -0.3 is 10.1 Å². The van der Waals surface area contributed by atoms with Gasteiger partial charge in [0.2, 0.25) is 5.91 Å². The third-order valence-corrected chi connectivity index (χ3v) is 3.90. The normalized spacial score (nSPS) is 10.5. The molecule has 1 N–H and O–H groups in total. The molecule has 27 heavy (non-hydrogen) atoms. The van der Waals surface area contributed by atoms with Crippen molar-refractivity contribution in [3.63, 3.8) is 0 Å². The highest BCUT2D eigenvalue weighted by Gasteiger charge is 2.11. The third kappa shape index (κ3) is 6.70. The van der Waals surface area contributed by atoms with Crippen molar-refractivity contribution in [2.75, 3.05) is 11.9 Å². The molecule has 0 unspecified atom stereocenters. The first-order chi connectivity index (χ1) is 12.8. The fourth-order valence-electron chi connectivity index (χ4n) is 2.35. The quantitative estimate of drug-likeness (QED) is 0.554. The Bertz CT molecular complexity index is 792. The third-order valence-electron chi connectivity index (χ3n) is 3.90. The number of carbonyl (C=O) groups excluding carboxylic acids is 3. The fraction of sp³-hybridized carbons (Fsp3) is 0.318. The van der Waals surface area contributed by atoms with Gasteiger partial charge in [-0.2, -0.15) is 0 Å². The molecule has 0 radical (unpaired) electrons. The van der Waals surface area contributed by atoms with E-state index in [1.54, 1.807) is 36.4 Å². The molecule has 0 bridgehead atoms. The van der Waals surface area contributed by atoms with E-state index in [9.17, 15) is 14.4 Å². The molecule has 0 aliphatic carbocycles. The average Bonchev–Trinajstić information content (AvgIpc) is 2.65. The van der Waals surface area contributed by atoms with Gasteiger partial charge >= 0.3 is 5.97 Å². The van der Waals surface area contributed by atoms with Crippen molar-refractivity contribution >= 4 is 23.3 Å². The molecule has 0 saturated carbocycles. The largest absolute Gasteiger partial charge is 0.462 e. The van der Waals surface area contributed by atoms with Crippen molar-refractivity contribution in [2.24, 2.45) is 5.92 Å². The molecule has 142 valence electrons. The molecule has 1 amide bonds. The van der Waals surface area contributed by atoms with Crippen LogP contribution in [0.1, 0.15) is 53.0 Å². The van der Waals surface area contributed by atoms with Crippen molar-refractivity contribution in [2.45, 2.75) is 33.6 Å². The van der Waals surface area contributed by atoms with Crippen molar-refractivity contribution in [3.05, 3.63) is 65.2 Å². The van der Waals surface area contributed by atoms with Gasteiger partial charge in [0.05, 0.1) is 12.2 Å². The maximum absolute atomic E-state index is 12.1. The molecule has 5 nitrogen and oxygen atoms in total. The first-order valence-electron chi connectivity index (χ1n) is 9.02. The number of nitrogens with one attached hydrogen (secondary N) is 1. The lowest BCUT2D eigenvalue weighted by molar-refractivity contribution is -0.116. The minimum Gasteiger partial charge on any atom is -0.462 e. The Hall–Kier alpha value is -2.95. The van der Waals surface area contributed by atoms with Crippen LogP contribution in [0.2, 0.25) is 0 Å². The minimum atomic E-state index is -0.384. The minimum absolute atomic E-state index is 0.0617. The SMILES string of the molecule is Cc1ccc(C(=O)CCC(=O)Nc2ccc(C(=O)OCC(C)C)cc2)cc1. The van der Waals surface area contributed by atoms with Gasteiger partial charge in [0, 0.05) is 24.1 Å². The van der Waals surface area contributed by atoms with Crippen LogP contribution in [0.4, 0.5) is 5.69 Å². The molecule has 0 aliphatic heterocycles. The second-order valence-electron chi connectivity index (χ2n) is 6.91. The van der Waals surface area contributed by atoms with E-state index < -0.39 is 0 Å². The summed E-state index contributed by atoms with van der Waals surface area (Å²) in [7, 11) is 0. The summed E-state index contributed by atoms with van der Waals surface area (Å²) >= 11 is 0. The topological polar surface area (TPSA) is 72.5 Å². The number of esters is 1. The Morgan fingerprint density at radius 3 is 2.07 bits per heavy atom. The lowest BCUT2D eigenvalue weighted by atomic mass is 10.0. The number of ether oxygens (including phenoxy) is 1. The number of ketones is 1. The lowest BCUT2D eigenvalue weighted by Gasteiger charge is -2.08. The van der Waals surface area contributed by atoms with Crippen LogP contribution in [0.3, 0.4) is 0 Å². The van der Waals surface area contributed by atoms with Crippen molar-refractivity contribution < 1.29 is 19.1 Å². The highest BCUT2D eigenvalue weighted by atomic mass is 16.5. The number of Topliss-reactive ketones (excluding diaryl/α,β-unsaturated/α-hetero) is 1. The van der Waals surface area contributed by atoms with E-state index in [0.717, 1.165) is 5.56 Å². The smallest absolute Gasteiger partial charge is 0.338 e. The van der Waals surface area contributed by atoms with Gasteiger partial charge in [0.1, 0.15) is 0 Å². The highest BCUT2D eigenvalue weighted by Crippen LogP contribution is 2.13. The van der Waals surface area contributed by atoms with Crippen molar-refractivity contribution in [3.8, 4) is 0 Å². The monoisotopic (exact) mass is 367 g/mol. The fourth-order valence-corrected chi connectivity index (χ4v) is 2.35. The van der Waals surface area contributed by atoms with Gasteiger partial charge in [-0.1, -0.05) is 43.7 Å². The van der Waals surface area contributed by atoms with E-state index in [-0.39, 0.29) is 36.4 Å². The number of hydrogen-bond acceptors (Lipinski definition) is 4. The van der Waals surface area contributed by atoms with E-state index in [4.69, 9.17) is 4.74 Å².